The molecular weight excluding hydrogens is 356 g/mol. The molecule has 0 spiro atoms. The van der Waals surface area contributed by atoms with Gasteiger partial charge >= 0.3 is 5.97 Å². The molecule has 1 aromatic heterocycles. The second kappa shape index (κ2) is 8.95. The average Bonchev–Trinajstić information content (AvgIpc) is 3.08. The number of hydrogen-bond acceptors (Lipinski definition) is 8. The van der Waals surface area contributed by atoms with Crippen LogP contribution in [-0.2, 0) is 16.2 Å². The van der Waals surface area contributed by atoms with Gasteiger partial charge in [0, 0.05) is 16.7 Å². The molecular formula is C18H22N2O7. The number of nitrogens with one attached hydrogen (secondary N) is 1. The number of benzene rings is 1. The van der Waals surface area contributed by atoms with Gasteiger partial charge in [-0.15, -0.1) is 0 Å². The third kappa shape index (κ3) is 3.68. The first kappa shape index (κ1) is 20.1. The number of aromatic nitrogens is 1. The third-order valence-electron chi connectivity index (χ3n) is 3.94. The van der Waals surface area contributed by atoms with E-state index in [2.05, 4.69) is 10.1 Å². The summed E-state index contributed by atoms with van der Waals surface area (Å²) >= 11 is 0. The number of aliphatic hydroxyl groups is 1. The fraction of sp³-hybridized carbons (Fsp3) is 0.333. The van der Waals surface area contributed by atoms with Crippen LogP contribution >= 0.6 is 0 Å². The number of rotatable bonds is 8. The van der Waals surface area contributed by atoms with Crippen LogP contribution in [0.2, 0.25) is 0 Å². The maximum atomic E-state index is 12.1. The van der Waals surface area contributed by atoms with Crippen LogP contribution in [0.25, 0.3) is 11.1 Å². The lowest BCUT2D eigenvalue weighted by molar-refractivity contribution is 0.0591. The number of H-pyrrole nitrogens is 1. The van der Waals surface area contributed by atoms with Crippen molar-refractivity contribution in [1.29, 1.82) is 0 Å². The Bertz CT molecular complexity index is 843. The zero-order chi connectivity index (χ0) is 20.0. The first-order valence-electron chi connectivity index (χ1n) is 7.87. The third-order valence-corrected chi connectivity index (χ3v) is 3.94. The van der Waals surface area contributed by atoms with Gasteiger partial charge in [-0.05, 0) is 12.1 Å². The van der Waals surface area contributed by atoms with E-state index >= 15 is 0 Å². The standard InChI is InChI=1S/C18H22N2O7/c1-23-13-7-6-10(16(24-2)17(13)25-3)14-11(9-21)15(18(22)26-4)20-12(14)8-19-27-5/h6-8,20-21H,9H2,1-5H3/b19-8+. The van der Waals surface area contributed by atoms with Gasteiger partial charge in [-0.2, -0.15) is 0 Å². The summed E-state index contributed by atoms with van der Waals surface area (Å²) in [5.74, 6) is 0.585. The monoisotopic (exact) mass is 378 g/mol. The minimum Gasteiger partial charge on any atom is -0.493 e. The van der Waals surface area contributed by atoms with Crippen LogP contribution in [0.1, 0.15) is 21.7 Å². The van der Waals surface area contributed by atoms with Crippen molar-refractivity contribution in [1.82, 2.24) is 4.98 Å². The molecule has 0 aliphatic heterocycles. The Kier molecular flexibility index (Phi) is 6.67. The van der Waals surface area contributed by atoms with Crippen molar-refractivity contribution in [3.63, 3.8) is 0 Å². The van der Waals surface area contributed by atoms with E-state index < -0.39 is 12.6 Å². The zero-order valence-electron chi connectivity index (χ0n) is 15.8. The number of nitrogens with zero attached hydrogens (tertiary/aromatic N) is 1. The number of hydrogen-bond donors (Lipinski definition) is 2. The molecule has 2 rings (SSSR count). The van der Waals surface area contributed by atoms with E-state index in [1.807, 2.05) is 0 Å². The Balaban J connectivity index is 2.86. The highest BCUT2D eigenvalue weighted by Crippen LogP contribution is 2.46. The van der Waals surface area contributed by atoms with Crippen LogP contribution < -0.4 is 14.2 Å². The van der Waals surface area contributed by atoms with Crippen LogP contribution in [0, 0.1) is 0 Å². The maximum absolute atomic E-state index is 12.1. The lowest BCUT2D eigenvalue weighted by atomic mass is 9.98. The molecule has 0 radical (unpaired) electrons. The number of aromatic amines is 1. The number of oxime groups is 1. The fourth-order valence-corrected chi connectivity index (χ4v) is 2.80. The summed E-state index contributed by atoms with van der Waals surface area (Å²) in [7, 11) is 7.13. The number of carbonyl (C=O) groups excluding carboxylic acids is 1. The minimum atomic E-state index is -0.628. The van der Waals surface area contributed by atoms with Crippen LogP contribution in [-0.4, -0.2) is 57.8 Å². The molecule has 2 N–H and O–H groups in total. The second-order valence-corrected chi connectivity index (χ2v) is 5.22. The highest BCUT2D eigenvalue weighted by atomic mass is 16.6. The molecule has 1 heterocycles. The Morgan fingerprint density at radius 1 is 1.11 bits per heavy atom. The quantitative estimate of drug-likeness (QED) is 0.410. The van der Waals surface area contributed by atoms with E-state index in [1.165, 1.54) is 41.8 Å². The SMILES string of the molecule is CO/N=C/c1[nH]c(C(=O)OC)c(CO)c1-c1ccc(OC)c(OC)c1OC. The number of ether oxygens (including phenoxy) is 4. The van der Waals surface area contributed by atoms with E-state index in [0.29, 0.717) is 39.6 Å². The predicted molar refractivity (Wildman–Crippen MR) is 97.8 cm³/mol. The molecule has 0 unspecified atom stereocenters. The van der Waals surface area contributed by atoms with E-state index in [9.17, 15) is 9.90 Å². The van der Waals surface area contributed by atoms with Crippen molar-refractivity contribution in [2.75, 3.05) is 35.5 Å². The van der Waals surface area contributed by atoms with Gasteiger partial charge in [0.05, 0.1) is 47.0 Å². The van der Waals surface area contributed by atoms with Gasteiger partial charge in [0.25, 0.3) is 0 Å². The molecule has 0 aliphatic rings. The normalized spacial score (nSPS) is 10.7. The molecule has 2 aromatic rings. The molecule has 0 saturated carbocycles. The van der Waals surface area contributed by atoms with Crippen LogP contribution in [0.3, 0.4) is 0 Å². The highest BCUT2D eigenvalue weighted by Gasteiger charge is 2.27. The fourth-order valence-electron chi connectivity index (χ4n) is 2.80. The largest absolute Gasteiger partial charge is 0.493 e. The lowest BCUT2D eigenvalue weighted by Crippen LogP contribution is -2.05. The topological polar surface area (TPSA) is 112 Å². The van der Waals surface area contributed by atoms with Crippen molar-refractivity contribution in [3.05, 3.63) is 29.1 Å². The molecule has 9 nitrogen and oxygen atoms in total. The number of aliphatic hydroxyl groups excluding tert-OH is 1. The van der Waals surface area contributed by atoms with Gasteiger partial charge in [-0.25, -0.2) is 4.79 Å². The summed E-state index contributed by atoms with van der Waals surface area (Å²) in [5, 5.41) is 13.7. The molecule has 0 aliphatic carbocycles. The Hall–Kier alpha value is -3.20. The van der Waals surface area contributed by atoms with Crippen LogP contribution in [0.15, 0.2) is 17.3 Å². The molecule has 1 aromatic carbocycles. The van der Waals surface area contributed by atoms with E-state index in [1.54, 1.807) is 12.1 Å². The summed E-state index contributed by atoms with van der Waals surface area (Å²) in [6.07, 6.45) is 1.39. The molecule has 146 valence electrons. The van der Waals surface area contributed by atoms with Gasteiger partial charge in [-0.3, -0.25) is 0 Å². The molecule has 9 heteroatoms. The predicted octanol–water partition coefficient (Wildman–Crippen LogP) is 1.97. The lowest BCUT2D eigenvalue weighted by Gasteiger charge is -2.16. The first-order valence-corrected chi connectivity index (χ1v) is 7.87. The Morgan fingerprint density at radius 3 is 2.33 bits per heavy atom. The molecule has 0 fully saturated rings. The van der Waals surface area contributed by atoms with Gasteiger partial charge in [-0.1, -0.05) is 5.16 Å². The first-order chi connectivity index (χ1) is 13.1. The van der Waals surface area contributed by atoms with Crippen molar-refractivity contribution < 1.29 is 33.7 Å². The zero-order valence-corrected chi connectivity index (χ0v) is 15.8. The van der Waals surface area contributed by atoms with Crippen molar-refractivity contribution in [2.24, 2.45) is 5.16 Å². The average molecular weight is 378 g/mol. The van der Waals surface area contributed by atoms with Crippen LogP contribution in [0.4, 0.5) is 0 Å². The van der Waals surface area contributed by atoms with Gasteiger partial charge in [0.2, 0.25) is 5.75 Å². The number of carbonyl (C=O) groups is 1. The van der Waals surface area contributed by atoms with Gasteiger partial charge < -0.3 is 33.9 Å². The summed E-state index contributed by atoms with van der Waals surface area (Å²) in [6.45, 7) is -0.422. The van der Waals surface area contributed by atoms with E-state index in [-0.39, 0.29) is 5.69 Å². The minimum absolute atomic E-state index is 0.101. The van der Waals surface area contributed by atoms with E-state index in [0.717, 1.165) is 0 Å². The smallest absolute Gasteiger partial charge is 0.354 e. The summed E-state index contributed by atoms with van der Waals surface area (Å²) < 4.78 is 21.0. The van der Waals surface area contributed by atoms with E-state index in [4.69, 9.17) is 23.8 Å². The maximum Gasteiger partial charge on any atom is 0.354 e. The van der Waals surface area contributed by atoms with Crippen molar-refractivity contribution in [3.8, 4) is 28.4 Å². The van der Waals surface area contributed by atoms with Crippen LogP contribution in [0.5, 0.6) is 17.2 Å². The van der Waals surface area contributed by atoms with Crippen molar-refractivity contribution >= 4 is 12.2 Å². The van der Waals surface area contributed by atoms with Gasteiger partial charge in [0.1, 0.15) is 12.8 Å². The Labute approximate surface area is 156 Å². The molecule has 0 atom stereocenters. The van der Waals surface area contributed by atoms with Crippen molar-refractivity contribution in [2.45, 2.75) is 6.61 Å². The summed E-state index contributed by atoms with van der Waals surface area (Å²) in [4.78, 5) is 19.8. The molecule has 0 saturated heterocycles. The summed E-state index contributed by atoms with van der Waals surface area (Å²) in [6, 6.07) is 3.42. The molecule has 27 heavy (non-hydrogen) atoms. The number of esters is 1. The number of methoxy groups -OCH3 is 4. The molecule has 0 bridgehead atoms. The highest BCUT2D eigenvalue weighted by molar-refractivity contribution is 5.99. The van der Waals surface area contributed by atoms with Gasteiger partial charge in [0.15, 0.2) is 11.5 Å². The Morgan fingerprint density at radius 2 is 1.81 bits per heavy atom. The summed E-state index contributed by atoms with van der Waals surface area (Å²) in [5.41, 5.74) is 1.90. The molecule has 0 amide bonds. The second-order valence-electron chi connectivity index (χ2n) is 5.22.